The molecule has 2 saturated heterocycles. The van der Waals surface area contributed by atoms with Crippen LogP contribution in [0.1, 0.15) is 16.7 Å². The third-order valence-electron chi connectivity index (χ3n) is 6.28. The van der Waals surface area contributed by atoms with Crippen LogP contribution in [0.5, 0.6) is 5.75 Å². The average Bonchev–Trinajstić information content (AvgIpc) is 3.21. The lowest BCUT2D eigenvalue weighted by atomic mass is 10.1. The summed E-state index contributed by atoms with van der Waals surface area (Å²) < 4.78 is 13.4. The summed E-state index contributed by atoms with van der Waals surface area (Å²) in [7, 11) is 1.75. The molecular formula is C29H24I2N4O3S. The van der Waals surface area contributed by atoms with Crippen molar-refractivity contribution in [2.75, 3.05) is 38.3 Å². The molecule has 39 heavy (non-hydrogen) atoms. The van der Waals surface area contributed by atoms with E-state index >= 15 is 0 Å². The van der Waals surface area contributed by atoms with E-state index in [0.717, 1.165) is 61.7 Å². The summed E-state index contributed by atoms with van der Waals surface area (Å²) in [5.74, 6) is 0.679. The van der Waals surface area contributed by atoms with Gasteiger partial charge in [-0.1, -0.05) is 18.2 Å². The minimum absolute atomic E-state index is 0.0814. The number of likely N-dealkylation sites (N-methyl/N-ethyl adjacent to an activating group) is 1. The van der Waals surface area contributed by atoms with Gasteiger partial charge in [0, 0.05) is 31.4 Å². The molecule has 3 aromatic carbocycles. The van der Waals surface area contributed by atoms with Gasteiger partial charge in [-0.15, -0.1) is 0 Å². The van der Waals surface area contributed by atoms with E-state index in [4.69, 9.17) is 14.5 Å². The molecule has 1 amide bonds. The van der Waals surface area contributed by atoms with Gasteiger partial charge in [0.2, 0.25) is 0 Å². The van der Waals surface area contributed by atoms with E-state index in [2.05, 4.69) is 68.3 Å². The van der Waals surface area contributed by atoms with Crippen molar-refractivity contribution in [1.29, 1.82) is 5.26 Å². The number of anilines is 1. The third-order valence-corrected chi connectivity index (χ3v) is 8.95. The van der Waals surface area contributed by atoms with Gasteiger partial charge in [-0.2, -0.15) is 5.26 Å². The number of nitriles is 1. The van der Waals surface area contributed by atoms with E-state index in [1.807, 2.05) is 48.5 Å². The van der Waals surface area contributed by atoms with Gasteiger partial charge in [0.15, 0.2) is 5.17 Å². The second kappa shape index (κ2) is 12.7. The molecule has 0 atom stereocenters. The number of benzene rings is 3. The highest BCUT2D eigenvalue weighted by Gasteiger charge is 2.30. The summed E-state index contributed by atoms with van der Waals surface area (Å²) in [5.41, 5.74) is 4.32. The van der Waals surface area contributed by atoms with E-state index in [1.54, 1.807) is 18.0 Å². The number of nitrogens with zero attached hydrogens (tertiary/aromatic N) is 4. The van der Waals surface area contributed by atoms with Crippen molar-refractivity contribution in [3.8, 4) is 11.8 Å². The zero-order valence-electron chi connectivity index (χ0n) is 21.1. The maximum atomic E-state index is 13.0. The minimum atomic E-state index is -0.0814. The Morgan fingerprint density at radius 2 is 1.79 bits per heavy atom. The highest BCUT2D eigenvalue weighted by molar-refractivity contribution is 14.1. The first kappa shape index (κ1) is 27.9. The number of amidine groups is 1. The molecule has 10 heteroatoms. The molecule has 3 aromatic rings. The Morgan fingerprint density at radius 1 is 1.10 bits per heavy atom. The summed E-state index contributed by atoms with van der Waals surface area (Å²) in [4.78, 5) is 22.3. The molecule has 0 N–H and O–H groups in total. The van der Waals surface area contributed by atoms with Gasteiger partial charge >= 0.3 is 0 Å². The van der Waals surface area contributed by atoms with Crippen LogP contribution in [0.15, 0.2) is 70.6 Å². The number of hydrogen-bond donors (Lipinski definition) is 0. The maximum Gasteiger partial charge on any atom is 0.266 e. The normalized spacial score (nSPS) is 17.6. The first-order valence-corrected chi connectivity index (χ1v) is 15.2. The van der Waals surface area contributed by atoms with E-state index in [0.29, 0.717) is 22.2 Å². The van der Waals surface area contributed by atoms with Crippen LogP contribution >= 0.6 is 56.9 Å². The Bertz CT molecular complexity index is 1470. The molecule has 0 saturated carbocycles. The zero-order valence-corrected chi connectivity index (χ0v) is 26.2. The number of thioether (sulfide) groups is 1. The molecule has 2 fully saturated rings. The van der Waals surface area contributed by atoms with Crippen LogP contribution in [0.2, 0.25) is 0 Å². The third kappa shape index (κ3) is 6.59. The molecule has 7 nitrogen and oxygen atoms in total. The predicted octanol–water partition coefficient (Wildman–Crippen LogP) is 6.42. The number of carbonyl (C=O) groups is 1. The molecule has 0 aliphatic carbocycles. The number of aliphatic imine (C=N–C) groups is 1. The fourth-order valence-electron chi connectivity index (χ4n) is 4.18. The second-order valence-electron chi connectivity index (χ2n) is 8.86. The Morgan fingerprint density at radius 3 is 2.49 bits per heavy atom. The second-order valence-corrected chi connectivity index (χ2v) is 12.2. The maximum absolute atomic E-state index is 13.0. The van der Waals surface area contributed by atoms with Crippen molar-refractivity contribution < 1.29 is 14.3 Å². The summed E-state index contributed by atoms with van der Waals surface area (Å²) >= 11 is 5.86. The van der Waals surface area contributed by atoms with Gasteiger partial charge in [0.1, 0.15) is 12.4 Å². The average molecular weight is 762 g/mol. The largest absolute Gasteiger partial charge is 0.487 e. The molecular weight excluding hydrogens is 738 g/mol. The molecule has 2 aliphatic heterocycles. The smallest absolute Gasteiger partial charge is 0.266 e. The Hall–Kier alpha value is -2.60. The van der Waals surface area contributed by atoms with Gasteiger partial charge in [-0.25, -0.2) is 4.99 Å². The fourth-order valence-corrected chi connectivity index (χ4v) is 7.29. The SMILES string of the molecule is CN1C(=O)/C(=C/c2cc(I)c(OCc3ccccc3C#N)c(I)c2)SC1=Nc1ccc(N2CCOCC2)cc1. The molecule has 0 spiro atoms. The molecule has 0 aromatic heterocycles. The van der Waals surface area contributed by atoms with Gasteiger partial charge in [0.25, 0.3) is 5.91 Å². The number of carbonyl (C=O) groups excluding carboxylic acids is 1. The number of rotatable bonds is 6. The minimum Gasteiger partial charge on any atom is -0.487 e. The molecule has 0 unspecified atom stereocenters. The zero-order chi connectivity index (χ0) is 27.4. The van der Waals surface area contributed by atoms with Crippen molar-refractivity contribution >= 4 is 85.5 Å². The van der Waals surface area contributed by atoms with Crippen LogP contribution in [0.4, 0.5) is 11.4 Å². The van der Waals surface area contributed by atoms with Crippen LogP contribution < -0.4 is 9.64 Å². The first-order chi connectivity index (χ1) is 18.9. The molecule has 198 valence electrons. The Balaban J connectivity index is 1.30. The Labute approximate surface area is 259 Å². The Kier molecular flexibility index (Phi) is 9.11. The van der Waals surface area contributed by atoms with Crippen LogP contribution in [-0.4, -0.2) is 49.3 Å². The van der Waals surface area contributed by atoms with Crippen LogP contribution in [0, 0.1) is 18.5 Å². The lowest BCUT2D eigenvalue weighted by Gasteiger charge is -2.28. The van der Waals surface area contributed by atoms with Crippen LogP contribution in [0.3, 0.4) is 0 Å². The standard InChI is InChI=1S/C29H24I2N4O3S/c1-34-28(36)26(39-29(34)33-22-6-8-23(9-7-22)35-10-12-37-13-11-35)16-19-14-24(30)27(25(31)15-19)38-18-21-5-3-2-4-20(21)17-32/h2-9,14-16H,10-13,18H2,1H3/b26-16-,33-29?. The highest BCUT2D eigenvalue weighted by Crippen LogP contribution is 2.36. The molecule has 2 heterocycles. The van der Waals surface area contributed by atoms with Gasteiger partial charge < -0.3 is 14.4 Å². The number of morpholine rings is 1. The molecule has 0 bridgehead atoms. The van der Waals surface area contributed by atoms with E-state index in [1.165, 1.54) is 11.8 Å². The molecule has 0 radical (unpaired) electrons. The van der Waals surface area contributed by atoms with Crippen molar-refractivity contribution in [2.24, 2.45) is 4.99 Å². The number of hydrogen-bond acceptors (Lipinski definition) is 7. The number of amides is 1. The van der Waals surface area contributed by atoms with E-state index in [9.17, 15) is 10.1 Å². The van der Waals surface area contributed by atoms with Crippen molar-refractivity contribution in [2.45, 2.75) is 6.61 Å². The summed E-state index contributed by atoms with van der Waals surface area (Å²) in [6.07, 6.45) is 1.90. The molecule has 5 rings (SSSR count). The van der Waals surface area contributed by atoms with Gasteiger partial charge in [-0.05, 0) is 111 Å². The first-order valence-electron chi connectivity index (χ1n) is 12.2. The van der Waals surface area contributed by atoms with E-state index < -0.39 is 0 Å². The number of ether oxygens (including phenoxy) is 2. The van der Waals surface area contributed by atoms with Crippen molar-refractivity contribution in [3.63, 3.8) is 0 Å². The summed E-state index contributed by atoms with van der Waals surface area (Å²) in [6, 6.07) is 21.7. The monoisotopic (exact) mass is 762 g/mol. The number of halogens is 2. The van der Waals surface area contributed by atoms with Crippen molar-refractivity contribution in [1.82, 2.24) is 4.90 Å². The topological polar surface area (TPSA) is 78.2 Å². The van der Waals surface area contributed by atoms with Gasteiger partial charge in [-0.3, -0.25) is 9.69 Å². The quantitative estimate of drug-likeness (QED) is 0.213. The highest BCUT2D eigenvalue weighted by atomic mass is 127. The fraction of sp³-hybridized carbons (Fsp3) is 0.207. The summed E-state index contributed by atoms with van der Waals surface area (Å²) in [5, 5.41) is 9.98. The lowest BCUT2D eigenvalue weighted by molar-refractivity contribution is -0.121. The van der Waals surface area contributed by atoms with Crippen LogP contribution in [0.25, 0.3) is 6.08 Å². The van der Waals surface area contributed by atoms with Crippen molar-refractivity contribution in [3.05, 3.63) is 89.4 Å². The molecule has 2 aliphatic rings. The predicted molar refractivity (Wildman–Crippen MR) is 172 cm³/mol. The lowest BCUT2D eigenvalue weighted by Crippen LogP contribution is -2.36. The van der Waals surface area contributed by atoms with Crippen LogP contribution in [-0.2, 0) is 16.1 Å². The van der Waals surface area contributed by atoms with E-state index in [-0.39, 0.29) is 5.91 Å². The summed E-state index contributed by atoms with van der Waals surface area (Å²) in [6.45, 7) is 3.56. The van der Waals surface area contributed by atoms with Gasteiger partial charge in [0.05, 0.1) is 42.6 Å².